The predicted molar refractivity (Wildman–Crippen MR) is 84.9 cm³/mol. The van der Waals surface area contributed by atoms with Gasteiger partial charge in [0.2, 0.25) is 0 Å². The van der Waals surface area contributed by atoms with E-state index in [4.69, 9.17) is 4.74 Å². The van der Waals surface area contributed by atoms with Gasteiger partial charge in [0.05, 0.1) is 7.11 Å². The maximum Gasteiger partial charge on any atom is 0.118 e. The molecule has 1 nitrogen and oxygen atoms in total. The molecule has 2 aromatic carbocycles. The Kier molecular flexibility index (Phi) is 5.22. The zero-order chi connectivity index (χ0) is 13.5. The number of hydrogen-bond donors (Lipinski definition) is 0. The van der Waals surface area contributed by atoms with Gasteiger partial charge >= 0.3 is 0 Å². The molecule has 0 atom stereocenters. The van der Waals surface area contributed by atoms with Crippen molar-refractivity contribution in [2.45, 2.75) is 6.42 Å². The van der Waals surface area contributed by atoms with Gasteiger partial charge < -0.3 is 4.74 Å². The summed E-state index contributed by atoms with van der Waals surface area (Å²) in [4.78, 5) is 0. The Labute approximate surface area is 123 Å². The Bertz CT molecular complexity index is 529. The lowest BCUT2D eigenvalue weighted by Crippen LogP contribution is -1.89. The summed E-state index contributed by atoms with van der Waals surface area (Å²) in [5, 5.41) is 0.972. The van der Waals surface area contributed by atoms with Crippen molar-refractivity contribution in [3.05, 3.63) is 71.8 Å². The molecular weight excluding hydrogens is 300 g/mol. The van der Waals surface area contributed by atoms with Crippen LogP contribution in [0, 0.1) is 0 Å². The van der Waals surface area contributed by atoms with Crippen LogP contribution in [0.3, 0.4) is 0 Å². The number of rotatable bonds is 5. The number of allylic oxidation sites excluding steroid dienone is 1. The first-order chi connectivity index (χ1) is 9.35. The molecule has 2 heteroatoms. The van der Waals surface area contributed by atoms with Gasteiger partial charge in [-0.2, -0.15) is 0 Å². The number of benzene rings is 2. The van der Waals surface area contributed by atoms with Gasteiger partial charge in [-0.05, 0) is 35.3 Å². The predicted octanol–water partition coefficient (Wildman–Crippen LogP) is 4.91. The van der Waals surface area contributed by atoms with Gasteiger partial charge in [-0.3, -0.25) is 0 Å². The van der Waals surface area contributed by atoms with Crippen LogP contribution in [0.2, 0.25) is 0 Å². The van der Waals surface area contributed by atoms with Crippen LogP contribution in [0.15, 0.2) is 60.7 Å². The number of alkyl halides is 1. The first kappa shape index (κ1) is 13.9. The quantitative estimate of drug-likeness (QED) is 0.712. The summed E-state index contributed by atoms with van der Waals surface area (Å²) in [6.07, 6.45) is 3.28. The summed E-state index contributed by atoms with van der Waals surface area (Å²) in [6.45, 7) is 0. The molecule has 0 unspecified atom stereocenters. The third-order valence-electron chi connectivity index (χ3n) is 2.94. The number of hydrogen-bond acceptors (Lipinski definition) is 1. The molecule has 0 saturated heterocycles. The fourth-order valence-corrected chi connectivity index (χ4v) is 2.22. The molecule has 0 aliphatic carbocycles. The van der Waals surface area contributed by atoms with Gasteiger partial charge in [0.15, 0.2) is 0 Å². The molecule has 0 aliphatic rings. The van der Waals surface area contributed by atoms with Gasteiger partial charge in [0.1, 0.15) is 5.75 Å². The molecule has 0 saturated carbocycles. The zero-order valence-corrected chi connectivity index (χ0v) is 12.6. The van der Waals surface area contributed by atoms with E-state index in [1.807, 2.05) is 18.2 Å². The van der Waals surface area contributed by atoms with E-state index in [0.29, 0.717) is 0 Å². The highest BCUT2D eigenvalue weighted by atomic mass is 79.9. The summed E-state index contributed by atoms with van der Waals surface area (Å²) in [6, 6.07) is 18.7. The van der Waals surface area contributed by atoms with E-state index in [9.17, 15) is 0 Å². The third kappa shape index (κ3) is 3.71. The fraction of sp³-hybridized carbons (Fsp3) is 0.176. The highest BCUT2D eigenvalue weighted by molar-refractivity contribution is 9.09. The largest absolute Gasteiger partial charge is 0.497 e. The normalized spacial score (nSPS) is 11.4. The van der Waals surface area contributed by atoms with E-state index < -0.39 is 0 Å². The highest BCUT2D eigenvalue weighted by Crippen LogP contribution is 2.25. The molecule has 0 amide bonds. The SMILES string of the molecule is COc1ccc(/C(=C\CCBr)c2ccccc2)cc1. The maximum absolute atomic E-state index is 5.21. The minimum atomic E-state index is 0.886. The number of methoxy groups -OCH3 is 1. The molecule has 0 radical (unpaired) electrons. The van der Waals surface area contributed by atoms with Crippen molar-refractivity contribution in [3.8, 4) is 5.75 Å². The first-order valence-corrected chi connectivity index (χ1v) is 7.43. The van der Waals surface area contributed by atoms with Crippen molar-refractivity contribution in [1.29, 1.82) is 0 Å². The van der Waals surface area contributed by atoms with Crippen LogP contribution in [0.5, 0.6) is 5.75 Å². The molecule has 2 rings (SSSR count). The van der Waals surface area contributed by atoms with Crippen LogP contribution >= 0.6 is 15.9 Å². The average molecular weight is 317 g/mol. The van der Waals surface area contributed by atoms with Crippen molar-refractivity contribution < 1.29 is 4.74 Å². The lowest BCUT2D eigenvalue weighted by atomic mass is 9.97. The van der Waals surface area contributed by atoms with Gasteiger partial charge in [0.25, 0.3) is 0 Å². The van der Waals surface area contributed by atoms with Crippen LogP contribution in [-0.4, -0.2) is 12.4 Å². The summed E-state index contributed by atoms with van der Waals surface area (Å²) in [5.74, 6) is 0.886. The van der Waals surface area contributed by atoms with E-state index in [1.165, 1.54) is 16.7 Å². The molecule has 98 valence electrons. The molecule has 0 fully saturated rings. The van der Waals surface area contributed by atoms with E-state index in [2.05, 4.69) is 58.4 Å². The molecule has 0 N–H and O–H groups in total. The fourth-order valence-electron chi connectivity index (χ4n) is 1.99. The lowest BCUT2D eigenvalue weighted by molar-refractivity contribution is 0.415. The van der Waals surface area contributed by atoms with E-state index in [0.717, 1.165) is 17.5 Å². The van der Waals surface area contributed by atoms with Crippen LogP contribution in [0.1, 0.15) is 17.5 Å². The van der Waals surface area contributed by atoms with Gasteiger partial charge in [-0.1, -0.05) is 64.5 Å². The van der Waals surface area contributed by atoms with Crippen molar-refractivity contribution in [2.24, 2.45) is 0 Å². The maximum atomic E-state index is 5.21. The molecule has 0 aliphatic heterocycles. The van der Waals surface area contributed by atoms with Crippen molar-refractivity contribution in [3.63, 3.8) is 0 Å². The van der Waals surface area contributed by atoms with Crippen molar-refractivity contribution in [2.75, 3.05) is 12.4 Å². The van der Waals surface area contributed by atoms with Crippen LogP contribution in [-0.2, 0) is 0 Å². The van der Waals surface area contributed by atoms with E-state index >= 15 is 0 Å². The lowest BCUT2D eigenvalue weighted by Gasteiger charge is -2.09. The Hall–Kier alpha value is -1.54. The minimum Gasteiger partial charge on any atom is -0.497 e. The Morgan fingerprint density at radius 1 is 1.00 bits per heavy atom. The average Bonchev–Trinajstić information content (AvgIpc) is 2.49. The van der Waals surface area contributed by atoms with Crippen LogP contribution in [0.25, 0.3) is 5.57 Å². The standard InChI is InChI=1S/C17H17BrO/c1-19-16-11-9-15(10-12-16)17(8-5-13-18)14-6-3-2-4-7-14/h2-4,6-12H,5,13H2,1H3/b17-8-. The van der Waals surface area contributed by atoms with Gasteiger partial charge in [-0.25, -0.2) is 0 Å². The van der Waals surface area contributed by atoms with Crippen molar-refractivity contribution >= 4 is 21.5 Å². The second-order valence-corrected chi connectivity index (χ2v) is 4.98. The van der Waals surface area contributed by atoms with Crippen LogP contribution in [0.4, 0.5) is 0 Å². The van der Waals surface area contributed by atoms with E-state index in [-0.39, 0.29) is 0 Å². The zero-order valence-electron chi connectivity index (χ0n) is 11.0. The molecule has 0 spiro atoms. The summed E-state index contributed by atoms with van der Waals surface area (Å²) in [5.41, 5.74) is 3.73. The molecule has 0 heterocycles. The summed E-state index contributed by atoms with van der Waals surface area (Å²) in [7, 11) is 1.69. The molecule has 0 bridgehead atoms. The molecule has 2 aromatic rings. The Morgan fingerprint density at radius 3 is 2.21 bits per heavy atom. The second-order valence-electron chi connectivity index (χ2n) is 4.19. The summed E-state index contributed by atoms with van der Waals surface area (Å²) >= 11 is 3.48. The second kappa shape index (κ2) is 7.15. The smallest absolute Gasteiger partial charge is 0.118 e. The number of halogens is 1. The van der Waals surface area contributed by atoms with Crippen molar-refractivity contribution in [1.82, 2.24) is 0 Å². The highest BCUT2D eigenvalue weighted by Gasteiger charge is 2.04. The Balaban J connectivity index is 2.37. The monoisotopic (exact) mass is 316 g/mol. The van der Waals surface area contributed by atoms with Crippen LogP contribution < -0.4 is 4.74 Å². The number of ether oxygens (including phenoxy) is 1. The molecule has 19 heavy (non-hydrogen) atoms. The third-order valence-corrected chi connectivity index (χ3v) is 3.40. The van der Waals surface area contributed by atoms with Gasteiger partial charge in [0, 0.05) is 5.33 Å². The Morgan fingerprint density at radius 2 is 1.63 bits per heavy atom. The van der Waals surface area contributed by atoms with Gasteiger partial charge in [-0.15, -0.1) is 0 Å². The topological polar surface area (TPSA) is 9.23 Å². The molecule has 0 aromatic heterocycles. The molecular formula is C17H17BrO. The minimum absolute atomic E-state index is 0.886. The summed E-state index contributed by atoms with van der Waals surface area (Å²) < 4.78 is 5.21. The first-order valence-electron chi connectivity index (χ1n) is 6.31. The van der Waals surface area contributed by atoms with E-state index in [1.54, 1.807) is 7.11 Å².